The molecule has 0 amide bonds. The fourth-order valence-corrected chi connectivity index (χ4v) is 1.19. The van der Waals surface area contributed by atoms with Crippen LogP contribution in [0.3, 0.4) is 0 Å². The number of ether oxygens (including phenoxy) is 1. The Bertz CT molecular complexity index is 407. The van der Waals surface area contributed by atoms with E-state index in [1.54, 1.807) is 13.0 Å². The Hall–Kier alpha value is -1.97. The van der Waals surface area contributed by atoms with E-state index in [0.29, 0.717) is 11.3 Å². The third kappa shape index (κ3) is 2.74. The van der Waals surface area contributed by atoms with Crippen molar-refractivity contribution >= 4 is 12.0 Å². The first kappa shape index (κ1) is 11.1. The van der Waals surface area contributed by atoms with Gasteiger partial charge in [0.2, 0.25) is 0 Å². The van der Waals surface area contributed by atoms with Crippen LogP contribution in [0.5, 0.6) is 11.5 Å². The number of aryl methyl sites for hydroxylation is 1. The van der Waals surface area contributed by atoms with Gasteiger partial charge in [0.15, 0.2) is 11.5 Å². The van der Waals surface area contributed by atoms with E-state index < -0.39 is 5.97 Å². The van der Waals surface area contributed by atoms with Crippen LogP contribution in [0.4, 0.5) is 0 Å². The Kier molecular flexibility index (Phi) is 3.33. The monoisotopic (exact) mass is 208 g/mol. The molecule has 1 aromatic rings. The van der Waals surface area contributed by atoms with Gasteiger partial charge in [-0.3, -0.25) is 0 Å². The molecule has 0 unspecified atom stereocenters. The molecule has 4 heteroatoms. The van der Waals surface area contributed by atoms with Crippen LogP contribution >= 0.6 is 0 Å². The van der Waals surface area contributed by atoms with Crippen molar-refractivity contribution in [1.29, 1.82) is 0 Å². The predicted molar refractivity (Wildman–Crippen MR) is 56.1 cm³/mol. The van der Waals surface area contributed by atoms with Crippen LogP contribution in [0.1, 0.15) is 11.1 Å². The molecule has 0 saturated carbocycles. The first-order valence-electron chi connectivity index (χ1n) is 4.33. The van der Waals surface area contributed by atoms with Gasteiger partial charge in [0.25, 0.3) is 0 Å². The average molecular weight is 208 g/mol. The Morgan fingerprint density at radius 2 is 2.13 bits per heavy atom. The maximum atomic E-state index is 10.3. The van der Waals surface area contributed by atoms with Crippen LogP contribution in [-0.4, -0.2) is 23.3 Å². The van der Waals surface area contributed by atoms with Crippen molar-refractivity contribution in [3.05, 3.63) is 29.3 Å². The highest BCUT2D eigenvalue weighted by Gasteiger charge is 2.04. The van der Waals surface area contributed by atoms with Crippen LogP contribution in [0.2, 0.25) is 0 Å². The van der Waals surface area contributed by atoms with Gasteiger partial charge in [-0.25, -0.2) is 4.79 Å². The fraction of sp³-hybridized carbons (Fsp3) is 0.182. The quantitative estimate of drug-likeness (QED) is 0.743. The maximum Gasteiger partial charge on any atom is 0.328 e. The maximum absolute atomic E-state index is 10.3. The SMILES string of the molecule is COc1cc(/C=C/C(=O)O)c(C)cc1O. The van der Waals surface area contributed by atoms with E-state index in [1.807, 2.05) is 0 Å². The number of carbonyl (C=O) groups is 1. The van der Waals surface area contributed by atoms with Gasteiger partial charge >= 0.3 is 5.97 Å². The van der Waals surface area contributed by atoms with Gasteiger partial charge in [-0.15, -0.1) is 0 Å². The van der Waals surface area contributed by atoms with E-state index in [-0.39, 0.29) is 5.75 Å². The molecule has 4 nitrogen and oxygen atoms in total. The Labute approximate surface area is 87.4 Å². The van der Waals surface area contributed by atoms with E-state index in [1.165, 1.54) is 19.3 Å². The number of phenols is 1. The normalized spacial score (nSPS) is 10.5. The molecule has 0 aliphatic heterocycles. The minimum Gasteiger partial charge on any atom is -0.504 e. The average Bonchev–Trinajstić information content (AvgIpc) is 2.16. The standard InChI is InChI=1S/C11H12O4/c1-7-5-9(12)10(15-2)6-8(7)3-4-11(13)14/h3-6,12H,1-2H3,(H,13,14)/b4-3+. The summed E-state index contributed by atoms with van der Waals surface area (Å²) in [6, 6.07) is 3.12. The topological polar surface area (TPSA) is 66.8 Å². The number of aliphatic carboxylic acids is 1. The summed E-state index contributed by atoms with van der Waals surface area (Å²) in [4.78, 5) is 10.3. The molecule has 0 heterocycles. The third-order valence-electron chi connectivity index (χ3n) is 1.97. The summed E-state index contributed by atoms with van der Waals surface area (Å²) in [6.45, 7) is 1.78. The number of benzene rings is 1. The summed E-state index contributed by atoms with van der Waals surface area (Å²) >= 11 is 0. The van der Waals surface area contributed by atoms with E-state index in [2.05, 4.69) is 0 Å². The Morgan fingerprint density at radius 3 is 2.67 bits per heavy atom. The second-order valence-electron chi connectivity index (χ2n) is 3.05. The summed E-state index contributed by atoms with van der Waals surface area (Å²) in [6.07, 6.45) is 2.50. The van der Waals surface area contributed by atoms with Crippen LogP contribution in [0.15, 0.2) is 18.2 Å². The largest absolute Gasteiger partial charge is 0.504 e. The van der Waals surface area contributed by atoms with Crippen molar-refractivity contribution in [3.8, 4) is 11.5 Å². The number of hydrogen-bond acceptors (Lipinski definition) is 3. The van der Waals surface area contributed by atoms with Crippen molar-refractivity contribution in [2.45, 2.75) is 6.92 Å². The zero-order chi connectivity index (χ0) is 11.4. The van der Waals surface area contributed by atoms with Crippen molar-refractivity contribution in [3.63, 3.8) is 0 Å². The van der Waals surface area contributed by atoms with Gasteiger partial charge in [0.05, 0.1) is 7.11 Å². The fourth-order valence-electron chi connectivity index (χ4n) is 1.19. The molecule has 2 N–H and O–H groups in total. The van der Waals surface area contributed by atoms with Crippen LogP contribution < -0.4 is 4.74 Å². The van der Waals surface area contributed by atoms with Gasteiger partial charge in [-0.1, -0.05) is 0 Å². The molecule has 0 spiro atoms. The lowest BCUT2D eigenvalue weighted by molar-refractivity contribution is -0.131. The lowest BCUT2D eigenvalue weighted by Gasteiger charge is -2.06. The molecule has 0 aromatic heterocycles. The number of carboxylic acid groups (broad SMARTS) is 1. The number of aromatic hydroxyl groups is 1. The number of methoxy groups -OCH3 is 1. The van der Waals surface area contributed by atoms with Crippen LogP contribution in [0, 0.1) is 6.92 Å². The van der Waals surface area contributed by atoms with E-state index in [9.17, 15) is 9.90 Å². The van der Waals surface area contributed by atoms with E-state index in [0.717, 1.165) is 11.6 Å². The number of hydrogen-bond donors (Lipinski definition) is 2. The van der Waals surface area contributed by atoms with E-state index in [4.69, 9.17) is 9.84 Å². The Morgan fingerprint density at radius 1 is 1.47 bits per heavy atom. The van der Waals surface area contributed by atoms with Crippen molar-refractivity contribution < 1.29 is 19.7 Å². The van der Waals surface area contributed by atoms with Gasteiger partial charge in [-0.2, -0.15) is 0 Å². The molecular weight excluding hydrogens is 196 g/mol. The molecule has 15 heavy (non-hydrogen) atoms. The second-order valence-corrected chi connectivity index (χ2v) is 3.05. The highest BCUT2D eigenvalue weighted by atomic mass is 16.5. The molecule has 0 bridgehead atoms. The molecule has 0 saturated heterocycles. The van der Waals surface area contributed by atoms with Crippen molar-refractivity contribution in [1.82, 2.24) is 0 Å². The summed E-state index contributed by atoms with van der Waals surface area (Å²) in [5.41, 5.74) is 1.48. The van der Waals surface area contributed by atoms with E-state index >= 15 is 0 Å². The van der Waals surface area contributed by atoms with Crippen molar-refractivity contribution in [2.24, 2.45) is 0 Å². The van der Waals surface area contributed by atoms with Gasteiger partial charge in [0.1, 0.15) is 0 Å². The molecule has 0 fully saturated rings. The first-order valence-corrected chi connectivity index (χ1v) is 4.33. The molecule has 1 rings (SSSR count). The molecule has 0 aliphatic carbocycles. The minimum absolute atomic E-state index is 0.0440. The summed E-state index contributed by atoms with van der Waals surface area (Å²) < 4.78 is 4.92. The summed E-state index contributed by atoms with van der Waals surface area (Å²) in [5, 5.41) is 17.9. The highest BCUT2D eigenvalue weighted by molar-refractivity contribution is 5.85. The molecule has 0 aliphatic rings. The van der Waals surface area contributed by atoms with Crippen molar-refractivity contribution in [2.75, 3.05) is 7.11 Å². The molecule has 0 atom stereocenters. The highest BCUT2D eigenvalue weighted by Crippen LogP contribution is 2.29. The number of rotatable bonds is 3. The molecular formula is C11H12O4. The number of phenolic OH excluding ortho intramolecular Hbond substituents is 1. The first-order chi connectivity index (χ1) is 7.04. The summed E-state index contributed by atoms with van der Waals surface area (Å²) in [7, 11) is 1.44. The Balaban J connectivity index is 3.13. The molecule has 1 aromatic carbocycles. The second kappa shape index (κ2) is 4.50. The van der Waals surface area contributed by atoms with Crippen LogP contribution in [0.25, 0.3) is 6.08 Å². The minimum atomic E-state index is -1.01. The summed E-state index contributed by atoms with van der Waals surface area (Å²) in [5.74, 6) is -0.644. The smallest absolute Gasteiger partial charge is 0.328 e. The lowest BCUT2D eigenvalue weighted by atomic mass is 10.1. The van der Waals surface area contributed by atoms with Crippen LogP contribution in [-0.2, 0) is 4.79 Å². The zero-order valence-corrected chi connectivity index (χ0v) is 8.52. The zero-order valence-electron chi connectivity index (χ0n) is 8.52. The molecule has 0 radical (unpaired) electrons. The van der Waals surface area contributed by atoms with Gasteiger partial charge in [0, 0.05) is 6.08 Å². The predicted octanol–water partition coefficient (Wildman–Crippen LogP) is 1.81. The third-order valence-corrected chi connectivity index (χ3v) is 1.97. The van der Waals surface area contributed by atoms with Gasteiger partial charge < -0.3 is 14.9 Å². The lowest BCUT2D eigenvalue weighted by Crippen LogP contribution is -1.90. The molecule has 80 valence electrons. The van der Waals surface area contributed by atoms with Gasteiger partial charge in [-0.05, 0) is 36.3 Å². The number of carboxylic acids is 1.